The molecule has 1 radical (unpaired) electrons. The first-order valence-corrected chi connectivity index (χ1v) is 2.91. The van der Waals surface area contributed by atoms with E-state index in [-0.39, 0.29) is 0 Å². The third kappa shape index (κ3) is 1.37. The molecule has 1 rings (SSSR count). The van der Waals surface area contributed by atoms with E-state index in [0.29, 0.717) is 13.0 Å². The van der Waals surface area contributed by atoms with Gasteiger partial charge < -0.3 is 10.4 Å². The Balaban J connectivity index is 2.47. The fourth-order valence-electron chi connectivity index (χ4n) is 0.747. The fraction of sp³-hybridized carbons (Fsp3) is 0.600. The molecule has 1 aliphatic heterocycles. The zero-order chi connectivity index (χ0) is 7.56. The predicted molar refractivity (Wildman–Crippen MR) is 31.6 cm³/mol. The molecule has 0 aliphatic carbocycles. The van der Waals surface area contributed by atoms with Gasteiger partial charge in [-0.15, -0.1) is 0 Å². The summed E-state index contributed by atoms with van der Waals surface area (Å²) in [6, 6.07) is -1.27. The van der Waals surface area contributed by atoms with Gasteiger partial charge in [-0.05, 0) is 6.42 Å². The summed E-state index contributed by atoms with van der Waals surface area (Å²) in [5, 5.41) is 14.1. The molecule has 0 bridgehead atoms. The van der Waals surface area contributed by atoms with Crippen molar-refractivity contribution < 1.29 is 14.7 Å². The van der Waals surface area contributed by atoms with Crippen LogP contribution in [0.4, 0.5) is 4.79 Å². The number of carbonyl (C=O) groups is 2. The van der Waals surface area contributed by atoms with Gasteiger partial charge in [-0.3, -0.25) is 0 Å². The largest absolute Gasteiger partial charge is 0.480 e. The number of carbonyl (C=O) groups excluding carboxylic acids is 1. The van der Waals surface area contributed by atoms with E-state index in [9.17, 15) is 9.59 Å². The molecule has 5 heteroatoms. The van der Waals surface area contributed by atoms with Gasteiger partial charge in [0.25, 0.3) is 0 Å². The zero-order valence-electron chi connectivity index (χ0n) is 5.20. The van der Waals surface area contributed by atoms with Gasteiger partial charge in [0.15, 0.2) is 0 Å². The highest BCUT2D eigenvalue weighted by molar-refractivity contribution is 5.83. The third-order valence-electron chi connectivity index (χ3n) is 1.27. The molecule has 1 unspecified atom stereocenters. The summed E-state index contributed by atoms with van der Waals surface area (Å²) in [6.45, 7) is 0.308. The Bertz CT molecular complexity index is 166. The Morgan fingerprint density at radius 2 is 2.50 bits per heavy atom. The molecule has 1 heterocycles. The monoisotopic (exact) mass is 143 g/mol. The molecule has 5 nitrogen and oxygen atoms in total. The van der Waals surface area contributed by atoms with Gasteiger partial charge in [0.05, 0.1) is 0 Å². The summed E-state index contributed by atoms with van der Waals surface area (Å²) in [7, 11) is 0. The van der Waals surface area contributed by atoms with Crippen LogP contribution in [0.5, 0.6) is 0 Å². The van der Waals surface area contributed by atoms with Crippen LogP contribution in [0.15, 0.2) is 0 Å². The van der Waals surface area contributed by atoms with E-state index in [1.807, 2.05) is 0 Å². The van der Waals surface area contributed by atoms with Crippen LogP contribution in [0.3, 0.4) is 0 Å². The number of nitrogens with one attached hydrogen (secondary N) is 1. The van der Waals surface area contributed by atoms with E-state index in [1.54, 1.807) is 0 Å². The van der Waals surface area contributed by atoms with Gasteiger partial charge in [0.2, 0.25) is 0 Å². The molecule has 1 aliphatic rings. The second-order valence-electron chi connectivity index (χ2n) is 2.01. The lowest BCUT2D eigenvalue weighted by Gasteiger charge is -2.18. The van der Waals surface area contributed by atoms with Crippen molar-refractivity contribution in [1.82, 2.24) is 10.6 Å². The number of aliphatic carboxylic acids is 1. The molecule has 0 saturated carbocycles. The van der Waals surface area contributed by atoms with Crippen LogP contribution >= 0.6 is 0 Å². The number of nitrogens with zero attached hydrogens (tertiary/aromatic N) is 1. The maximum atomic E-state index is 10.4. The number of carboxylic acid groups (broad SMARTS) is 1. The van der Waals surface area contributed by atoms with Crippen LogP contribution in [0.25, 0.3) is 0 Å². The summed E-state index contributed by atoms with van der Waals surface area (Å²) >= 11 is 0. The zero-order valence-corrected chi connectivity index (χ0v) is 5.20. The Morgan fingerprint density at radius 3 is 2.90 bits per heavy atom. The van der Waals surface area contributed by atoms with Crippen LogP contribution in [-0.4, -0.2) is 29.7 Å². The van der Waals surface area contributed by atoms with Crippen molar-refractivity contribution >= 4 is 12.0 Å². The average molecular weight is 143 g/mol. The highest BCUT2D eigenvalue weighted by atomic mass is 16.4. The van der Waals surface area contributed by atoms with Gasteiger partial charge in [-0.1, -0.05) is 0 Å². The normalized spacial score (nSPS) is 24.8. The average Bonchev–Trinajstić information content (AvgIpc) is 1.88. The van der Waals surface area contributed by atoms with Crippen molar-refractivity contribution in [3.63, 3.8) is 0 Å². The molecule has 1 fully saturated rings. The first-order valence-electron chi connectivity index (χ1n) is 2.91. The highest BCUT2D eigenvalue weighted by Gasteiger charge is 2.24. The minimum Gasteiger partial charge on any atom is -0.480 e. The first kappa shape index (κ1) is 6.85. The van der Waals surface area contributed by atoms with Gasteiger partial charge in [0.1, 0.15) is 6.04 Å². The van der Waals surface area contributed by atoms with Crippen molar-refractivity contribution in [2.24, 2.45) is 0 Å². The van der Waals surface area contributed by atoms with E-state index >= 15 is 0 Å². The second kappa shape index (κ2) is 2.55. The number of hydrogen-bond acceptors (Lipinski definition) is 2. The maximum absolute atomic E-state index is 10.4. The van der Waals surface area contributed by atoms with E-state index in [4.69, 9.17) is 5.11 Å². The van der Waals surface area contributed by atoms with Gasteiger partial charge in [-0.2, -0.15) is 0 Å². The molecule has 1 atom stereocenters. The van der Waals surface area contributed by atoms with Crippen LogP contribution in [0.2, 0.25) is 0 Å². The summed E-state index contributed by atoms with van der Waals surface area (Å²) in [5.41, 5.74) is 0. The van der Waals surface area contributed by atoms with E-state index in [2.05, 4.69) is 10.6 Å². The summed E-state index contributed by atoms with van der Waals surface area (Å²) in [4.78, 5) is 20.7. The molecular weight excluding hydrogens is 136 g/mol. The standard InChI is InChI=1S/C5H7N2O3/c8-4(9)3-1-2-6-5(10)7-3/h3H,1-2H2,(H,7,10)(H,8,9). The molecule has 0 spiro atoms. The number of carboxylic acids is 1. The third-order valence-corrected chi connectivity index (χ3v) is 1.27. The lowest BCUT2D eigenvalue weighted by molar-refractivity contribution is -0.139. The summed E-state index contributed by atoms with van der Waals surface area (Å²) in [6.07, 6.45) is 0.390. The molecule has 0 aromatic heterocycles. The van der Waals surface area contributed by atoms with Crippen molar-refractivity contribution in [2.75, 3.05) is 6.54 Å². The number of urea groups is 1. The quantitative estimate of drug-likeness (QED) is 0.502. The molecule has 10 heavy (non-hydrogen) atoms. The molecule has 2 N–H and O–H groups in total. The first-order chi connectivity index (χ1) is 4.70. The molecular formula is C5H7N2O3. The van der Waals surface area contributed by atoms with Crippen LogP contribution in [-0.2, 0) is 4.79 Å². The lowest BCUT2D eigenvalue weighted by atomic mass is 10.2. The minimum atomic E-state index is -0.997. The van der Waals surface area contributed by atoms with Gasteiger partial charge >= 0.3 is 12.0 Å². The van der Waals surface area contributed by atoms with Crippen molar-refractivity contribution in [3.8, 4) is 0 Å². The SMILES string of the molecule is O=C1[N]CCC(C(=O)O)N1. The Morgan fingerprint density at radius 1 is 1.80 bits per heavy atom. The second-order valence-corrected chi connectivity index (χ2v) is 2.01. The Kier molecular flexibility index (Phi) is 1.75. The maximum Gasteiger partial charge on any atom is 0.337 e. The fourth-order valence-corrected chi connectivity index (χ4v) is 0.747. The highest BCUT2D eigenvalue weighted by Crippen LogP contribution is 1.96. The molecule has 0 aromatic rings. The van der Waals surface area contributed by atoms with E-state index in [0.717, 1.165) is 0 Å². The summed E-state index contributed by atoms with van der Waals surface area (Å²) < 4.78 is 0. The molecule has 55 valence electrons. The topological polar surface area (TPSA) is 80.5 Å². The Labute approximate surface area is 57.4 Å². The molecule has 1 saturated heterocycles. The number of hydrogen-bond donors (Lipinski definition) is 2. The van der Waals surface area contributed by atoms with Crippen LogP contribution < -0.4 is 10.6 Å². The van der Waals surface area contributed by atoms with Crippen molar-refractivity contribution in [1.29, 1.82) is 0 Å². The van der Waals surface area contributed by atoms with Crippen molar-refractivity contribution in [3.05, 3.63) is 0 Å². The molecule has 2 amide bonds. The molecule has 0 aromatic carbocycles. The number of rotatable bonds is 1. The van der Waals surface area contributed by atoms with Gasteiger partial charge in [0, 0.05) is 6.54 Å². The van der Waals surface area contributed by atoms with Gasteiger partial charge in [-0.25, -0.2) is 14.9 Å². The lowest BCUT2D eigenvalue weighted by Crippen LogP contribution is -2.49. The smallest absolute Gasteiger partial charge is 0.337 e. The van der Waals surface area contributed by atoms with E-state index in [1.165, 1.54) is 0 Å². The van der Waals surface area contributed by atoms with Crippen LogP contribution in [0, 0.1) is 0 Å². The summed E-state index contributed by atoms with van der Waals surface area (Å²) in [5.74, 6) is -0.997. The van der Waals surface area contributed by atoms with Crippen LogP contribution in [0.1, 0.15) is 6.42 Å². The Hall–Kier alpha value is -1.26. The predicted octanol–water partition coefficient (Wildman–Crippen LogP) is -0.843. The minimum absolute atomic E-state index is 0.308. The number of amides is 2. The van der Waals surface area contributed by atoms with E-state index < -0.39 is 18.0 Å². The van der Waals surface area contributed by atoms with Crippen molar-refractivity contribution in [2.45, 2.75) is 12.5 Å².